The molecule has 1 aromatic heterocycles. The number of fused-ring (bicyclic) bond motifs is 2. The number of amides is 1. The summed E-state index contributed by atoms with van der Waals surface area (Å²) in [6.45, 7) is 4.92. The van der Waals surface area contributed by atoms with Gasteiger partial charge in [0.1, 0.15) is 12.0 Å². The SMILES string of the molecule is COC1CC[C@]2(C[NH2+]CC2C(=O)N2CC[C@@H](c3ccccc3)C[C@H]2C2CCCCC2)c2sc(C)nc21.[Cl-]. The van der Waals surface area contributed by atoms with Crippen LogP contribution in [0.4, 0.5) is 0 Å². The highest BCUT2D eigenvalue weighted by atomic mass is 35.5. The number of halogens is 1. The number of likely N-dealkylation sites (tertiary alicyclic amines) is 1. The summed E-state index contributed by atoms with van der Waals surface area (Å²) in [6.07, 6.45) is 10.8. The minimum atomic E-state index is -0.0826. The van der Waals surface area contributed by atoms with E-state index >= 15 is 0 Å². The van der Waals surface area contributed by atoms with Crippen molar-refractivity contribution in [2.45, 2.75) is 88.2 Å². The third-order valence-corrected chi connectivity index (χ3v) is 11.1. The van der Waals surface area contributed by atoms with Crippen molar-refractivity contribution in [2.24, 2.45) is 11.8 Å². The molecule has 4 aliphatic rings. The summed E-state index contributed by atoms with van der Waals surface area (Å²) >= 11 is 1.82. The lowest BCUT2D eigenvalue weighted by Crippen LogP contribution is -3.00. The van der Waals surface area contributed by atoms with Gasteiger partial charge in [-0.1, -0.05) is 49.6 Å². The Labute approximate surface area is 232 Å². The number of carbonyl (C=O) groups is 1. The van der Waals surface area contributed by atoms with Gasteiger partial charge >= 0.3 is 0 Å². The fourth-order valence-corrected chi connectivity index (χ4v) is 9.34. The summed E-state index contributed by atoms with van der Waals surface area (Å²) in [7, 11) is 1.80. The monoisotopic (exact) mass is 543 g/mol. The second-order valence-corrected chi connectivity index (χ2v) is 13.0. The fraction of sp³-hybridized carbons (Fsp3) is 0.667. The molecule has 2 aliphatic heterocycles. The van der Waals surface area contributed by atoms with E-state index in [-0.39, 0.29) is 29.8 Å². The molecule has 1 saturated carbocycles. The highest BCUT2D eigenvalue weighted by molar-refractivity contribution is 7.11. The van der Waals surface area contributed by atoms with Gasteiger partial charge in [0.25, 0.3) is 0 Å². The summed E-state index contributed by atoms with van der Waals surface area (Å²) in [4.78, 5) is 23.2. The number of ether oxygens (including phenoxy) is 1. The van der Waals surface area contributed by atoms with Gasteiger partial charge in [0.15, 0.2) is 0 Å². The molecule has 5 nitrogen and oxygen atoms in total. The quantitative estimate of drug-likeness (QED) is 0.639. The zero-order valence-corrected chi connectivity index (χ0v) is 23.9. The van der Waals surface area contributed by atoms with Gasteiger partial charge < -0.3 is 27.4 Å². The number of nitrogens with two attached hydrogens (primary N) is 1. The molecule has 5 atom stereocenters. The highest BCUT2D eigenvalue weighted by Crippen LogP contribution is 2.51. The Morgan fingerprint density at radius 3 is 2.68 bits per heavy atom. The van der Waals surface area contributed by atoms with E-state index < -0.39 is 0 Å². The number of methoxy groups -OCH3 is 1. The van der Waals surface area contributed by atoms with Gasteiger partial charge in [-0.3, -0.25) is 4.79 Å². The molecule has 2 saturated heterocycles. The predicted molar refractivity (Wildman–Crippen MR) is 143 cm³/mol. The molecule has 2 aliphatic carbocycles. The summed E-state index contributed by atoms with van der Waals surface area (Å²) in [5.41, 5.74) is 2.49. The number of aryl methyl sites for hydroxylation is 1. The maximum absolute atomic E-state index is 14.6. The van der Waals surface area contributed by atoms with E-state index in [0.717, 1.165) is 56.0 Å². The van der Waals surface area contributed by atoms with E-state index in [1.807, 2.05) is 11.3 Å². The van der Waals surface area contributed by atoms with Crippen LogP contribution >= 0.6 is 11.3 Å². The molecule has 1 spiro atoms. The summed E-state index contributed by atoms with van der Waals surface area (Å²) < 4.78 is 5.83. The van der Waals surface area contributed by atoms with Crippen molar-refractivity contribution in [1.29, 1.82) is 0 Å². The van der Waals surface area contributed by atoms with E-state index in [2.05, 4.69) is 47.5 Å². The molecule has 1 aromatic carbocycles. The molecule has 2 N–H and O–H groups in total. The topological polar surface area (TPSA) is 59.0 Å². The van der Waals surface area contributed by atoms with Gasteiger partial charge in [0, 0.05) is 24.6 Å². The molecular weight excluding hydrogens is 502 g/mol. The van der Waals surface area contributed by atoms with Crippen LogP contribution in [0.5, 0.6) is 0 Å². The lowest BCUT2D eigenvalue weighted by molar-refractivity contribution is -0.640. The van der Waals surface area contributed by atoms with Gasteiger partial charge in [-0.25, -0.2) is 4.98 Å². The first kappa shape index (κ1) is 27.1. The third-order valence-electron chi connectivity index (χ3n) is 9.92. The largest absolute Gasteiger partial charge is 1.00 e. The number of nitrogens with zero attached hydrogens (tertiary/aromatic N) is 2. The highest BCUT2D eigenvalue weighted by Gasteiger charge is 2.57. The normalized spacial score (nSPS) is 32.2. The second-order valence-electron chi connectivity index (χ2n) is 11.8. The molecule has 3 heterocycles. The number of piperidine rings is 1. The van der Waals surface area contributed by atoms with E-state index in [1.54, 1.807) is 7.11 Å². The van der Waals surface area contributed by atoms with Crippen molar-refractivity contribution in [2.75, 3.05) is 26.7 Å². The van der Waals surface area contributed by atoms with Crippen LogP contribution in [-0.2, 0) is 14.9 Å². The predicted octanol–water partition coefficient (Wildman–Crippen LogP) is 1.72. The number of benzene rings is 1. The molecule has 6 rings (SSSR count). The molecule has 1 amide bonds. The molecule has 3 fully saturated rings. The van der Waals surface area contributed by atoms with Crippen LogP contribution in [0.25, 0.3) is 0 Å². The standard InChI is InChI=1S/C30H41N3O2S.ClH/c1-20-32-27-26(35-2)13-15-30(28(27)36-20)19-31-18-24(30)29(34)33-16-14-23(21-9-5-3-6-10-21)17-25(33)22-11-7-4-8-12-22;/h3,5-6,9-10,22-26,31H,4,7-8,11-19H2,1-2H3;1H/t23-,24?,25+,26?,30-;/m1./s1. The summed E-state index contributed by atoms with van der Waals surface area (Å²) in [6, 6.07) is 11.4. The Morgan fingerprint density at radius 2 is 1.92 bits per heavy atom. The maximum atomic E-state index is 14.6. The Morgan fingerprint density at radius 1 is 1.14 bits per heavy atom. The number of rotatable bonds is 4. The van der Waals surface area contributed by atoms with Crippen LogP contribution in [-0.4, -0.2) is 48.6 Å². The van der Waals surface area contributed by atoms with Crippen molar-refractivity contribution >= 4 is 17.2 Å². The fourth-order valence-electron chi connectivity index (χ4n) is 8.09. The first-order chi connectivity index (χ1) is 17.6. The Balaban J connectivity index is 0.00000280. The molecule has 0 radical (unpaired) electrons. The van der Waals surface area contributed by atoms with Gasteiger partial charge in [0.05, 0.1) is 29.2 Å². The van der Waals surface area contributed by atoms with E-state index in [0.29, 0.717) is 23.8 Å². The first-order valence-electron chi connectivity index (χ1n) is 14.3. The molecule has 2 unspecified atom stereocenters. The van der Waals surface area contributed by atoms with Gasteiger partial charge in [-0.15, -0.1) is 11.3 Å². The first-order valence-corrected chi connectivity index (χ1v) is 15.1. The number of aromatic nitrogens is 1. The zero-order valence-electron chi connectivity index (χ0n) is 22.3. The molecule has 7 heteroatoms. The van der Waals surface area contributed by atoms with Crippen LogP contribution in [0.15, 0.2) is 30.3 Å². The van der Waals surface area contributed by atoms with Crippen LogP contribution in [0, 0.1) is 18.8 Å². The summed E-state index contributed by atoms with van der Waals surface area (Å²) in [5, 5.41) is 3.51. The van der Waals surface area contributed by atoms with Crippen molar-refractivity contribution in [3.8, 4) is 0 Å². The van der Waals surface area contributed by atoms with Crippen molar-refractivity contribution in [1.82, 2.24) is 9.88 Å². The number of carbonyl (C=O) groups excluding carboxylic acids is 1. The smallest absolute Gasteiger partial charge is 0.232 e. The van der Waals surface area contributed by atoms with Crippen molar-refractivity contribution < 1.29 is 27.3 Å². The average Bonchev–Trinajstić information content (AvgIpc) is 3.54. The Bertz CT molecular complexity index is 1070. The van der Waals surface area contributed by atoms with Gasteiger partial charge in [0.2, 0.25) is 5.91 Å². The molecule has 202 valence electrons. The van der Waals surface area contributed by atoms with Crippen LogP contribution in [0.3, 0.4) is 0 Å². The number of thiazole rings is 1. The van der Waals surface area contributed by atoms with Gasteiger partial charge in [-0.2, -0.15) is 0 Å². The third kappa shape index (κ3) is 4.88. The number of hydrogen-bond donors (Lipinski definition) is 1. The van der Waals surface area contributed by atoms with Crippen LogP contribution < -0.4 is 17.7 Å². The Hall–Kier alpha value is -1.47. The molecule has 37 heavy (non-hydrogen) atoms. The van der Waals surface area contributed by atoms with E-state index in [4.69, 9.17) is 9.72 Å². The van der Waals surface area contributed by atoms with E-state index in [1.165, 1.54) is 42.5 Å². The molecular formula is C30H42ClN3O2S. The van der Waals surface area contributed by atoms with Crippen molar-refractivity contribution in [3.63, 3.8) is 0 Å². The lowest BCUT2D eigenvalue weighted by atomic mass is 9.67. The maximum Gasteiger partial charge on any atom is 0.232 e. The lowest BCUT2D eigenvalue weighted by Gasteiger charge is -2.47. The minimum Gasteiger partial charge on any atom is -1.00 e. The number of hydrogen-bond acceptors (Lipinski definition) is 4. The van der Waals surface area contributed by atoms with Gasteiger partial charge in [-0.05, 0) is 62.8 Å². The van der Waals surface area contributed by atoms with E-state index in [9.17, 15) is 4.79 Å². The second kappa shape index (κ2) is 11.3. The average molecular weight is 544 g/mol. The van der Waals surface area contributed by atoms with Crippen LogP contribution in [0.2, 0.25) is 0 Å². The van der Waals surface area contributed by atoms with Crippen LogP contribution in [0.1, 0.15) is 91.0 Å². The van der Waals surface area contributed by atoms with Crippen molar-refractivity contribution in [3.05, 3.63) is 51.5 Å². The molecule has 2 aromatic rings. The minimum absolute atomic E-state index is 0. The zero-order chi connectivity index (χ0) is 24.7. The Kier molecular flexibility index (Phi) is 8.30. The number of quaternary nitrogens is 1. The molecule has 0 bridgehead atoms. The summed E-state index contributed by atoms with van der Waals surface area (Å²) in [5.74, 6) is 1.70.